The maximum atomic E-state index is 8.94. The molecule has 1 aliphatic rings. The Hall–Kier alpha value is -3.07. The third-order valence-electron chi connectivity index (χ3n) is 4.78. The summed E-state index contributed by atoms with van der Waals surface area (Å²) in [6.07, 6.45) is 4.41. The van der Waals surface area contributed by atoms with Crippen molar-refractivity contribution in [2.45, 2.75) is 33.1 Å². The summed E-state index contributed by atoms with van der Waals surface area (Å²) in [5.74, 6) is 0.814. The van der Waals surface area contributed by atoms with Crippen molar-refractivity contribution in [2.75, 3.05) is 0 Å². The van der Waals surface area contributed by atoms with Crippen molar-refractivity contribution in [3.05, 3.63) is 46.7 Å². The molecule has 0 saturated heterocycles. The molecule has 9 heteroatoms. The standard InChI is InChI=1S/C18H17N7OS/c1-10-5-3-7-13(20-10)16-22-12-6-4-8-14(12)24(16)18-23-25-15(9-19-26)11(2)21-17(25)27-18/h3,5,7,9,26H,4,6,8H2,1-2H3. The molecular weight excluding hydrogens is 362 g/mol. The van der Waals surface area contributed by atoms with Crippen LogP contribution in [0.25, 0.3) is 21.6 Å². The van der Waals surface area contributed by atoms with Crippen LogP contribution in [-0.4, -0.2) is 40.6 Å². The third kappa shape index (κ3) is 2.46. The van der Waals surface area contributed by atoms with Gasteiger partial charge in [0.25, 0.3) is 0 Å². The third-order valence-corrected chi connectivity index (χ3v) is 5.68. The highest BCUT2D eigenvalue weighted by atomic mass is 32.1. The number of hydrogen-bond donors (Lipinski definition) is 1. The monoisotopic (exact) mass is 379 g/mol. The van der Waals surface area contributed by atoms with Crippen molar-refractivity contribution in [1.82, 2.24) is 29.1 Å². The molecule has 27 heavy (non-hydrogen) atoms. The van der Waals surface area contributed by atoms with E-state index in [0.717, 1.165) is 58.0 Å². The van der Waals surface area contributed by atoms with Crippen molar-refractivity contribution >= 4 is 22.5 Å². The van der Waals surface area contributed by atoms with Gasteiger partial charge in [0.2, 0.25) is 10.1 Å². The van der Waals surface area contributed by atoms with Crippen molar-refractivity contribution in [3.63, 3.8) is 0 Å². The summed E-state index contributed by atoms with van der Waals surface area (Å²) in [5.41, 5.74) is 5.55. The van der Waals surface area contributed by atoms with Gasteiger partial charge in [-0.15, -0.1) is 5.10 Å². The van der Waals surface area contributed by atoms with Crippen molar-refractivity contribution in [3.8, 4) is 16.6 Å². The Morgan fingerprint density at radius 1 is 1.19 bits per heavy atom. The van der Waals surface area contributed by atoms with Gasteiger partial charge in [-0.2, -0.15) is 4.52 Å². The molecule has 5 rings (SSSR count). The van der Waals surface area contributed by atoms with Crippen LogP contribution < -0.4 is 0 Å². The Labute approximate surface area is 158 Å². The van der Waals surface area contributed by atoms with Crippen LogP contribution in [-0.2, 0) is 12.8 Å². The average molecular weight is 379 g/mol. The molecule has 0 aliphatic heterocycles. The van der Waals surface area contributed by atoms with Crippen LogP contribution in [0.1, 0.15) is 34.9 Å². The Balaban J connectivity index is 1.74. The number of fused-ring (bicyclic) bond motifs is 2. The second-order valence-corrected chi connectivity index (χ2v) is 7.52. The number of oxime groups is 1. The van der Waals surface area contributed by atoms with Gasteiger partial charge in [-0.05, 0) is 45.2 Å². The van der Waals surface area contributed by atoms with Crippen LogP contribution in [0.15, 0.2) is 23.4 Å². The topological polar surface area (TPSA) is 93.5 Å². The number of hydrogen-bond acceptors (Lipinski definition) is 7. The minimum absolute atomic E-state index is 0.669. The minimum atomic E-state index is 0.669. The van der Waals surface area contributed by atoms with Crippen molar-refractivity contribution in [2.24, 2.45) is 5.16 Å². The fourth-order valence-corrected chi connectivity index (χ4v) is 4.55. The highest BCUT2D eigenvalue weighted by Crippen LogP contribution is 2.33. The molecule has 0 bridgehead atoms. The normalized spacial score (nSPS) is 13.9. The molecule has 0 fully saturated rings. The average Bonchev–Trinajstić information content (AvgIpc) is 3.37. The summed E-state index contributed by atoms with van der Waals surface area (Å²) in [7, 11) is 0. The zero-order valence-electron chi connectivity index (χ0n) is 14.9. The largest absolute Gasteiger partial charge is 0.411 e. The SMILES string of the molecule is Cc1cccc(-c2nc3c(n2-c2nn4c(C=NO)c(C)nc4s2)CCC3)n1. The molecule has 0 unspecified atom stereocenters. The van der Waals surface area contributed by atoms with Crippen LogP contribution in [0.5, 0.6) is 0 Å². The second-order valence-electron chi connectivity index (χ2n) is 6.59. The Morgan fingerprint density at radius 3 is 2.89 bits per heavy atom. The van der Waals surface area contributed by atoms with Crippen molar-refractivity contribution < 1.29 is 5.21 Å². The van der Waals surface area contributed by atoms with Gasteiger partial charge < -0.3 is 5.21 Å². The van der Waals surface area contributed by atoms with E-state index < -0.39 is 0 Å². The lowest BCUT2D eigenvalue weighted by Crippen LogP contribution is -2.04. The lowest BCUT2D eigenvalue weighted by molar-refractivity contribution is 0.321. The first-order valence-corrected chi connectivity index (χ1v) is 9.56. The zero-order valence-corrected chi connectivity index (χ0v) is 15.7. The van der Waals surface area contributed by atoms with Gasteiger partial charge in [-0.1, -0.05) is 22.6 Å². The Kier molecular flexibility index (Phi) is 3.57. The van der Waals surface area contributed by atoms with Crippen molar-refractivity contribution in [1.29, 1.82) is 0 Å². The highest BCUT2D eigenvalue weighted by molar-refractivity contribution is 7.19. The van der Waals surface area contributed by atoms with E-state index in [1.165, 1.54) is 23.2 Å². The van der Waals surface area contributed by atoms with Crippen LogP contribution in [0.4, 0.5) is 0 Å². The molecule has 0 spiro atoms. The number of aromatic nitrogens is 6. The van der Waals surface area contributed by atoms with Gasteiger partial charge in [0, 0.05) is 11.4 Å². The van der Waals surface area contributed by atoms with E-state index in [9.17, 15) is 0 Å². The van der Waals surface area contributed by atoms with Gasteiger partial charge in [0.05, 0.1) is 17.6 Å². The number of rotatable bonds is 3. The summed E-state index contributed by atoms with van der Waals surface area (Å²) >= 11 is 1.49. The number of pyridine rings is 1. The molecule has 4 aromatic rings. The molecule has 4 aromatic heterocycles. The van der Waals surface area contributed by atoms with Gasteiger partial charge in [0.15, 0.2) is 5.82 Å². The summed E-state index contributed by atoms with van der Waals surface area (Å²) in [6.45, 7) is 3.85. The van der Waals surface area contributed by atoms with E-state index in [1.807, 2.05) is 32.0 Å². The van der Waals surface area contributed by atoms with E-state index >= 15 is 0 Å². The Bertz CT molecular complexity index is 1200. The summed E-state index contributed by atoms with van der Waals surface area (Å²) in [4.78, 5) is 14.8. The van der Waals surface area contributed by atoms with E-state index in [-0.39, 0.29) is 0 Å². The Morgan fingerprint density at radius 2 is 2.07 bits per heavy atom. The molecule has 4 heterocycles. The molecule has 0 amide bonds. The maximum Gasteiger partial charge on any atom is 0.218 e. The van der Waals surface area contributed by atoms with Crippen LogP contribution >= 0.6 is 11.3 Å². The first kappa shape index (κ1) is 16.1. The first-order chi connectivity index (χ1) is 13.2. The number of nitrogens with zero attached hydrogens (tertiary/aromatic N) is 7. The second kappa shape index (κ2) is 5.98. The van der Waals surface area contributed by atoms with Gasteiger partial charge in [-0.25, -0.2) is 15.0 Å². The smallest absolute Gasteiger partial charge is 0.218 e. The first-order valence-electron chi connectivity index (χ1n) is 8.74. The molecule has 1 aliphatic carbocycles. The van der Waals surface area contributed by atoms with E-state index in [2.05, 4.69) is 19.7 Å². The van der Waals surface area contributed by atoms with Crippen LogP contribution in [0.3, 0.4) is 0 Å². The summed E-state index contributed by atoms with van der Waals surface area (Å²) in [5, 5.41) is 17.6. The van der Waals surface area contributed by atoms with Crippen LogP contribution in [0.2, 0.25) is 0 Å². The maximum absolute atomic E-state index is 8.94. The van der Waals surface area contributed by atoms with Gasteiger partial charge >= 0.3 is 0 Å². The molecule has 8 nitrogen and oxygen atoms in total. The molecule has 0 aromatic carbocycles. The molecule has 0 radical (unpaired) electrons. The summed E-state index contributed by atoms with van der Waals surface area (Å²) < 4.78 is 3.82. The highest BCUT2D eigenvalue weighted by Gasteiger charge is 2.26. The minimum Gasteiger partial charge on any atom is -0.411 e. The zero-order chi connectivity index (χ0) is 18.5. The van der Waals surface area contributed by atoms with Crippen LogP contribution in [0, 0.1) is 13.8 Å². The predicted octanol–water partition coefficient (Wildman–Crippen LogP) is 2.95. The lowest BCUT2D eigenvalue weighted by atomic mass is 10.3. The number of aryl methyl sites for hydroxylation is 3. The predicted molar refractivity (Wildman–Crippen MR) is 102 cm³/mol. The fraction of sp³-hybridized carbons (Fsp3) is 0.278. The van der Waals surface area contributed by atoms with E-state index in [4.69, 9.17) is 15.3 Å². The molecule has 0 atom stereocenters. The van der Waals surface area contributed by atoms with Gasteiger partial charge in [-0.3, -0.25) is 4.57 Å². The molecular formula is C18H17N7OS. The number of imidazole rings is 2. The quantitative estimate of drug-likeness (QED) is 0.336. The van der Waals surface area contributed by atoms with E-state index in [0.29, 0.717) is 5.69 Å². The lowest BCUT2D eigenvalue weighted by Gasteiger charge is -2.07. The molecule has 136 valence electrons. The molecule has 0 saturated carbocycles. The molecule has 1 N–H and O–H groups in total. The van der Waals surface area contributed by atoms with Gasteiger partial charge in [0.1, 0.15) is 11.4 Å². The summed E-state index contributed by atoms with van der Waals surface area (Å²) in [6, 6.07) is 5.95. The fourth-order valence-electron chi connectivity index (χ4n) is 3.57. The van der Waals surface area contributed by atoms with E-state index in [1.54, 1.807) is 4.52 Å².